The number of amides is 2. The molecule has 2 aromatic rings. The van der Waals surface area contributed by atoms with Gasteiger partial charge in [-0.2, -0.15) is 0 Å². The van der Waals surface area contributed by atoms with Crippen LogP contribution in [0.15, 0.2) is 54.6 Å². The highest BCUT2D eigenvalue weighted by molar-refractivity contribution is 6.62. The average molecular weight is 401 g/mol. The topological polar surface area (TPSA) is 49.9 Å². The Morgan fingerprint density at radius 2 is 1.43 bits per heavy atom. The van der Waals surface area contributed by atoms with E-state index in [9.17, 15) is 9.59 Å². The normalized spacial score (nSPS) is 15.1. The van der Waals surface area contributed by atoms with E-state index in [0.717, 1.165) is 16.7 Å². The highest BCUT2D eigenvalue weighted by Gasteiger charge is 2.29. The quantitative estimate of drug-likeness (QED) is 0.532. The van der Waals surface area contributed by atoms with Crippen LogP contribution >= 0.6 is 11.6 Å². The molecular weight excluding hydrogens is 376 g/mol. The third-order valence-electron chi connectivity index (χ3n) is 5.03. The summed E-state index contributed by atoms with van der Waals surface area (Å²) in [7, 11) is 0. The Morgan fingerprint density at radius 3 is 2.07 bits per heavy atom. The molecule has 2 amide bonds. The lowest BCUT2D eigenvalue weighted by atomic mass is 9.95. The SMILES string of the molecule is CC(C)(OC(=O)N1CCCN(C(=O)Cl)CC1)c1ccc(-c2ccccc2)cc1. The number of hydrogen-bond donors (Lipinski definition) is 0. The molecule has 1 aliphatic heterocycles. The zero-order chi connectivity index (χ0) is 20.1. The summed E-state index contributed by atoms with van der Waals surface area (Å²) in [6, 6.07) is 18.2. The van der Waals surface area contributed by atoms with E-state index in [1.54, 1.807) is 9.80 Å². The maximum atomic E-state index is 12.7. The summed E-state index contributed by atoms with van der Waals surface area (Å²) in [4.78, 5) is 27.2. The molecule has 0 radical (unpaired) electrons. The minimum absolute atomic E-state index is 0.374. The van der Waals surface area contributed by atoms with Crippen LogP contribution < -0.4 is 0 Å². The molecule has 0 saturated carbocycles. The number of rotatable bonds is 3. The number of halogens is 1. The molecule has 0 spiro atoms. The zero-order valence-electron chi connectivity index (χ0n) is 16.2. The van der Waals surface area contributed by atoms with E-state index in [1.165, 1.54) is 0 Å². The van der Waals surface area contributed by atoms with Crippen LogP contribution in [0, 0.1) is 0 Å². The van der Waals surface area contributed by atoms with Crippen molar-refractivity contribution in [3.8, 4) is 11.1 Å². The first-order valence-electron chi connectivity index (χ1n) is 9.45. The Hall–Kier alpha value is -2.53. The highest BCUT2D eigenvalue weighted by atomic mass is 35.5. The van der Waals surface area contributed by atoms with Crippen LogP contribution in [-0.2, 0) is 10.3 Å². The van der Waals surface area contributed by atoms with Crippen molar-refractivity contribution < 1.29 is 14.3 Å². The third-order valence-corrected chi connectivity index (χ3v) is 5.27. The van der Waals surface area contributed by atoms with E-state index in [2.05, 4.69) is 12.1 Å². The first-order valence-corrected chi connectivity index (χ1v) is 9.83. The van der Waals surface area contributed by atoms with E-state index in [4.69, 9.17) is 16.3 Å². The largest absolute Gasteiger partial charge is 0.438 e. The van der Waals surface area contributed by atoms with Crippen LogP contribution in [0.2, 0.25) is 0 Å². The van der Waals surface area contributed by atoms with Gasteiger partial charge in [0, 0.05) is 26.2 Å². The van der Waals surface area contributed by atoms with Gasteiger partial charge < -0.3 is 14.5 Å². The predicted molar refractivity (Wildman–Crippen MR) is 110 cm³/mol. The minimum Gasteiger partial charge on any atom is -0.438 e. The van der Waals surface area contributed by atoms with Crippen molar-refractivity contribution in [1.82, 2.24) is 9.80 Å². The molecule has 5 nitrogen and oxygen atoms in total. The number of nitrogens with zero attached hydrogens (tertiary/aromatic N) is 2. The first kappa shape index (κ1) is 20.2. The van der Waals surface area contributed by atoms with Gasteiger partial charge in [0.1, 0.15) is 5.60 Å². The molecule has 28 heavy (non-hydrogen) atoms. The van der Waals surface area contributed by atoms with Crippen LogP contribution in [0.25, 0.3) is 11.1 Å². The van der Waals surface area contributed by atoms with Gasteiger partial charge in [-0.25, -0.2) is 4.79 Å². The minimum atomic E-state index is -0.763. The van der Waals surface area contributed by atoms with Crippen molar-refractivity contribution in [1.29, 1.82) is 0 Å². The Kier molecular flexibility index (Phi) is 6.25. The lowest BCUT2D eigenvalue weighted by molar-refractivity contribution is 0.0117. The molecule has 0 N–H and O–H groups in total. The molecule has 2 aromatic carbocycles. The summed E-state index contributed by atoms with van der Waals surface area (Å²) in [6.07, 6.45) is 0.306. The van der Waals surface area contributed by atoms with Gasteiger partial charge >= 0.3 is 11.5 Å². The first-order chi connectivity index (χ1) is 13.4. The van der Waals surface area contributed by atoms with Gasteiger partial charge in [0.15, 0.2) is 0 Å². The second kappa shape index (κ2) is 8.65. The molecule has 0 bridgehead atoms. The molecule has 1 fully saturated rings. The smallest absolute Gasteiger partial charge is 0.410 e. The maximum absolute atomic E-state index is 12.7. The number of carbonyl (C=O) groups excluding carboxylic acids is 2. The van der Waals surface area contributed by atoms with Crippen LogP contribution in [-0.4, -0.2) is 47.4 Å². The Bertz CT molecular complexity index is 821. The van der Waals surface area contributed by atoms with Gasteiger partial charge in [-0.15, -0.1) is 0 Å². The molecule has 3 rings (SSSR count). The number of benzene rings is 2. The number of ether oxygens (including phenoxy) is 1. The lowest BCUT2D eigenvalue weighted by Gasteiger charge is -2.30. The van der Waals surface area contributed by atoms with Crippen molar-refractivity contribution in [2.24, 2.45) is 0 Å². The Labute approximate surface area is 170 Å². The summed E-state index contributed by atoms with van der Waals surface area (Å²) in [5.74, 6) is 0. The molecule has 0 atom stereocenters. The fourth-order valence-corrected chi connectivity index (χ4v) is 3.48. The molecule has 6 heteroatoms. The predicted octanol–water partition coefficient (Wildman–Crippen LogP) is 5.09. The van der Waals surface area contributed by atoms with Gasteiger partial charge in [-0.3, -0.25) is 4.79 Å². The van der Waals surface area contributed by atoms with Crippen molar-refractivity contribution in [2.75, 3.05) is 26.2 Å². The third kappa shape index (κ3) is 4.84. The molecular formula is C22H25ClN2O3. The summed E-state index contributed by atoms with van der Waals surface area (Å²) in [5, 5.41) is -0.478. The molecule has 0 aliphatic carbocycles. The highest BCUT2D eigenvalue weighted by Crippen LogP contribution is 2.28. The lowest BCUT2D eigenvalue weighted by Crippen LogP contribution is -2.39. The summed E-state index contributed by atoms with van der Waals surface area (Å²) >= 11 is 5.55. The van der Waals surface area contributed by atoms with E-state index in [1.807, 2.05) is 56.3 Å². The summed E-state index contributed by atoms with van der Waals surface area (Å²) in [5.41, 5.74) is 2.42. The average Bonchev–Trinajstić information content (AvgIpc) is 2.95. The van der Waals surface area contributed by atoms with Gasteiger partial charge in [-0.05, 0) is 48.6 Å². The Balaban J connectivity index is 1.66. The molecule has 1 aliphatic rings. The molecule has 0 unspecified atom stereocenters. The van der Waals surface area contributed by atoms with E-state index < -0.39 is 11.0 Å². The number of carbonyl (C=O) groups is 2. The van der Waals surface area contributed by atoms with Crippen LogP contribution in [0.5, 0.6) is 0 Å². The van der Waals surface area contributed by atoms with Crippen molar-refractivity contribution >= 4 is 23.1 Å². The van der Waals surface area contributed by atoms with E-state index in [0.29, 0.717) is 32.6 Å². The molecule has 1 heterocycles. The Morgan fingerprint density at radius 1 is 0.857 bits per heavy atom. The monoisotopic (exact) mass is 400 g/mol. The van der Waals surface area contributed by atoms with E-state index >= 15 is 0 Å². The molecule has 148 valence electrons. The molecule has 1 saturated heterocycles. The van der Waals surface area contributed by atoms with Gasteiger partial charge in [0.2, 0.25) is 0 Å². The van der Waals surface area contributed by atoms with Crippen molar-refractivity contribution in [3.05, 3.63) is 60.2 Å². The van der Waals surface area contributed by atoms with Gasteiger partial charge in [0.25, 0.3) is 0 Å². The van der Waals surface area contributed by atoms with Crippen LogP contribution in [0.1, 0.15) is 25.8 Å². The van der Waals surface area contributed by atoms with Crippen LogP contribution in [0.4, 0.5) is 9.59 Å². The number of hydrogen-bond acceptors (Lipinski definition) is 3. The fourth-order valence-electron chi connectivity index (χ4n) is 3.31. The van der Waals surface area contributed by atoms with E-state index in [-0.39, 0.29) is 6.09 Å². The molecule has 0 aromatic heterocycles. The van der Waals surface area contributed by atoms with Gasteiger partial charge in [0.05, 0.1) is 0 Å². The summed E-state index contributed by atoms with van der Waals surface area (Å²) < 4.78 is 5.81. The second-order valence-corrected chi connectivity index (χ2v) is 7.73. The zero-order valence-corrected chi connectivity index (χ0v) is 17.0. The second-order valence-electron chi connectivity index (χ2n) is 7.40. The van der Waals surface area contributed by atoms with Crippen molar-refractivity contribution in [2.45, 2.75) is 25.9 Å². The van der Waals surface area contributed by atoms with Crippen LogP contribution in [0.3, 0.4) is 0 Å². The maximum Gasteiger partial charge on any atom is 0.410 e. The van der Waals surface area contributed by atoms with Crippen molar-refractivity contribution in [3.63, 3.8) is 0 Å². The van der Waals surface area contributed by atoms with Gasteiger partial charge in [-0.1, -0.05) is 54.6 Å². The summed E-state index contributed by atoms with van der Waals surface area (Å²) in [6.45, 7) is 5.70. The standard InChI is InChI=1S/C22H25ClN2O3/c1-22(2,19-11-9-18(10-12-19)17-7-4-3-5-8-17)28-21(27)25-14-6-13-24(15-16-25)20(23)26/h3-5,7-12H,6,13-16H2,1-2H3. The fraction of sp³-hybridized carbons (Fsp3) is 0.364.